The number of amides is 1. The van der Waals surface area contributed by atoms with Gasteiger partial charge in [0.05, 0.1) is 12.1 Å². The molecule has 3 N–H and O–H groups in total. The van der Waals surface area contributed by atoms with Crippen molar-refractivity contribution in [1.82, 2.24) is 5.32 Å². The lowest BCUT2D eigenvalue weighted by molar-refractivity contribution is -0.117. The highest BCUT2D eigenvalue weighted by molar-refractivity contribution is 5.95. The van der Waals surface area contributed by atoms with Crippen molar-refractivity contribution in [3.8, 4) is 0 Å². The van der Waals surface area contributed by atoms with E-state index in [1.165, 1.54) is 17.5 Å². The summed E-state index contributed by atoms with van der Waals surface area (Å²) < 4.78 is 5.78. The predicted molar refractivity (Wildman–Crippen MR) is 80.2 cm³/mol. The molecule has 4 nitrogen and oxygen atoms in total. The van der Waals surface area contributed by atoms with Gasteiger partial charge >= 0.3 is 0 Å². The third-order valence-corrected chi connectivity index (χ3v) is 5.34. The van der Waals surface area contributed by atoms with E-state index in [4.69, 9.17) is 10.5 Å². The second kappa shape index (κ2) is 5.11. The third kappa shape index (κ3) is 2.17. The SMILES string of the molecule is NC1C2CCCOC2C1NC(=O)c1ccc2c(c1)CCC2. The molecule has 2 fully saturated rings. The molecule has 3 aliphatic rings. The maximum atomic E-state index is 12.4. The summed E-state index contributed by atoms with van der Waals surface area (Å²) >= 11 is 0. The Kier molecular flexibility index (Phi) is 3.23. The fraction of sp³-hybridized carbons (Fsp3) is 0.588. The highest BCUT2D eigenvalue weighted by Gasteiger charge is 2.51. The Morgan fingerprint density at radius 1 is 1.24 bits per heavy atom. The van der Waals surface area contributed by atoms with E-state index in [1.54, 1.807) is 0 Å². The van der Waals surface area contributed by atoms with Crippen molar-refractivity contribution in [2.75, 3.05) is 6.61 Å². The van der Waals surface area contributed by atoms with E-state index >= 15 is 0 Å². The van der Waals surface area contributed by atoms with Crippen molar-refractivity contribution in [1.29, 1.82) is 0 Å². The molecule has 0 bridgehead atoms. The summed E-state index contributed by atoms with van der Waals surface area (Å²) in [7, 11) is 0. The normalized spacial score (nSPS) is 33.8. The lowest BCUT2D eigenvalue weighted by atomic mass is 9.68. The van der Waals surface area contributed by atoms with E-state index in [0.29, 0.717) is 5.92 Å². The highest BCUT2D eigenvalue weighted by atomic mass is 16.5. The summed E-state index contributed by atoms with van der Waals surface area (Å²) in [5, 5.41) is 3.08. The molecule has 2 aliphatic carbocycles. The summed E-state index contributed by atoms with van der Waals surface area (Å²) in [5.41, 5.74) is 9.67. The van der Waals surface area contributed by atoms with E-state index in [-0.39, 0.29) is 24.1 Å². The Hall–Kier alpha value is -1.39. The predicted octanol–water partition coefficient (Wildman–Crippen LogP) is 1.41. The van der Waals surface area contributed by atoms with Gasteiger partial charge in [-0.15, -0.1) is 0 Å². The van der Waals surface area contributed by atoms with Crippen molar-refractivity contribution in [2.45, 2.75) is 50.3 Å². The summed E-state index contributed by atoms with van der Waals surface area (Å²) in [6, 6.07) is 6.08. The van der Waals surface area contributed by atoms with Gasteiger partial charge < -0.3 is 15.8 Å². The van der Waals surface area contributed by atoms with Crippen LogP contribution in [0.1, 0.15) is 40.7 Å². The Bertz CT molecular complexity index is 572. The van der Waals surface area contributed by atoms with Crippen LogP contribution in [0.5, 0.6) is 0 Å². The van der Waals surface area contributed by atoms with E-state index in [2.05, 4.69) is 11.4 Å². The molecule has 0 spiro atoms. The largest absolute Gasteiger partial charge is 0.376 e. The first kappa shape index (κ1) is 13.3. The average Bonchev–Trinajstić information content (AvgIpc) is 2.99. The topological polar surface area (TPSA) is 64.3 Å². The first-order valence-corrected chi connectivity index (χ1v) is 8.04. The summed E-state index contributed by atoms with van der Waals surface area (Å²) in [5.74, 6) is 0.404. The van der Waals surface area contributed by atoms with Crippen LogP contribution in [-0.2, 0) is 17.6 Å². The van der Waals surface area contributed by atoms with Gasteiger partial charge in [0.15, 0.2) is 0 Å². The zero-order valence-corrected chi connectivity index (χ0v) is 12.2. The van der Waals surface area contributed by atoms with E-state index in [9.17, 15) is 4.79 Å². The summed E-state index contributed by atoms with van der Waals surface area (Å²) in [4.78, 5) is 12.4. The monoisotopic (exact) mass is 286 g/mol. The fourth-order valence-corrected chi connectivity index (χ4v) is 4.07. The zero-order chi connectivity index (χ0) is 14.4. The van der Waals surface area contributed by atoms with Crippen LogP contribution in [0.4, 0.5) is 0 Å². The van der Waals surface area contributed by atoms with Gasteiger partial charge in [-0.1, -0.05) is 6.07 Å². The molecule has 0 radical (unpaired) electrons. The number of fused-ring (bicyclic) bond motifs is 2. The van der Waals surface area contributed by atoms with Crippen LogP contribution < -0.4 is 11.1 Å². The lowest BCUT2D eigenvalue weighted by Gasteiger charge is -2.52. The molecule has 1 amide bonds. The molecule has 112 valence electrons. The second-order valence-electron chi connectivity index (χ2n) is 6.56. The molecule has 1 aromatic rings. The first-order valence-electron chi connectivity index (χ1n) is 8.04. The van der Waals surface area contributed by atoms with Crippen LogP contribution in [0.15, 0.2) is 18.2 Å². The first-order chi connectivity index (χ1) is 10.2. The Morgan fingerprint density at radius 3 is 3.00 bits per heavy atom. The lowest BCUT2D eigenvalue weighted by Crippen LogP contribution is -2.72. The quantitative estimate of drug-likeness (QED) is 0.864. The van der Waals surface area contributed by atoms with Crippen LogP contribution in [0, 0.1) is 5.92 Å². The third-order valence-electron chi connectivity index (χ3n) is 5.34. The molecule has 1 heterocycles. The number of aryl methyl sites for hydroxylation is 2. The number of hydrogen-bond acceptors (Lipinski definition) is 3. The number of carbonyl (C=O) groups excluding carboxylic acids is 1. The van der Waals surface area contributed by atoms with Gasteiger partial charge in [0.1, 0.15) is 0 Å². The Balaban J connectivity index is 1.46. The van der Waals surface area contributed by atoms with E-state index in [0.717, 1.165) is 37.9 Å². The molecule has 21 heavy (non-hydrogen) atoms. The maximum Gasteiger partial charge on any atom is 0.251 e. The van der Waals surface area contributed by atoms with E-state index < -0.39 is 0 Å². The molecular weight excluding hydrogens is 264 g/mol. The Morgan fingerprint density at radius 2 is 2.10 bits per heavy atom. The number of carbonyl (C=O) groups is 1. The van der Waals surface area contributed by atoms with E-state index in [1.807, 2.05) is 12.1 Å². The van der Waals surface area contributed by atoms with Crippen LogP contribution in [-0.4, -0.2) is 30.7 Å². The minimum Gasteiger partial charge on any atom is -0.376 e. The standard InChI is InChI=1S/C17H22N2O2/c18-14-13-5-2-8-21-16(13)15(14)19-17(20)12-7-6-10-3-1-4-11(10)9-12/h6-7,9,13-16H,1-5,8,18H2,(H,19,20). The molecule has 4 unspecified atom stereocenters. The van der Waals surface area contributed by atoms with Crippen molar-refractivity contribution in [3.05, 3.63) is 34.9 Å². The van der Waals surface area contributed by atoms with Gasteiger partial charge in [0, 0.05) is 24.1 Å². The van der Waals surface area contributed by atoms with Gasteiger partial charge in [0.25, 0.3) is 5.91 Å². The Labute approximate surface area is 125 Å². The number of nitrogens with two attached hydrogens (primary N) is 1. The fourth-order valence-electron chi connectivity index (χ4n) is 4.07. The molecular formula is C17H22N2O2. The van der Waals surface area contributed by atoms with Crippen molar-refractivity contribution < 1.29 is 9.53 Å². The minimum atomic E-state index is -0.0314. The number of rotatable bonds is 2. The van der Waals surface area contributed by atoms with Crippen molar-refractivity contribution in [3.63, 3.8) is 0 Å². The summed E-state index contributed by atoms with van der Waals surface area (Å²) in [6.45, 7) is 0.791. The molecule has 4 heteroatoms. The molecule has 1 aromatic carbocycles. The van der Waals surface area contributed by atoms with Crippen LogP contribution >= 0.6 is 0 Å². The number of benzene rings is 1. The van der Waals surface area contributed by atoms with Crippen LogP contribution in [0.2, 0.25) is 0 Å². The zero-order valence-electron chi connectivity index (χ0n) is 12.2. The van der Waals surface area contributed by atoms with Gasteiger partial charge in [-0.3, -0.25) is 4.79 Å². The van der Waals surface area contributed by atoms with Crippen LogP contribution in [0.3, 0.4) is 0 Å². The smallest absolute Gasteiger partial charge is 0.251 e. The van der Waals surface area contributed by atoms with Gasteiger partial charge in [0.2, 0.25) is 0 Å². The number of ether oxygens (including phenoxy) is 1. The van der Waals surface area contributed by atoms with Gasteiger partial charge in [-0.05, 0) is 55.4 Å². The molecule has 4 atom stereocenters. The average molecular weight is 286 g/mol. The second-order valence-corrected chi connectivity index (χ2v) is 6.56. The molecule has 1 aliphatic heterocycles. The number of hydrogen-bond donors (Lipinski definition) is 2. The molecule has 0 aromatic heterocycles. The number of nitrogens with one attached hydrogen (secondary N) is 1. The van der Waals surface area contributed by atoms with Crippen molar-refractivity contribution in [2.24, 2.45) is 11.7 Å². The van der Waals surface area contributed by atoms with Crippen LogP contribution in [0.25, 0.3) is 0 Å². The molecule has 1 saturated heterocycles. The van der Waals surface area contributed by atoms with Gasteiger partial charge in [-0.2, -0.15) is 0 Å². The minimum absolute atomic E-state index is 0.0160. The van der Waals surface area contributed by atoms with Crippen molar-refractivity contribution >= 4 is 5.91 Å². The highest BCUT2D eigenvalue weighted by Crippen LogP contribution is 2.37. The summed E-state index contributed by atoms with van der Waals surface area (Å²) in [6.07, 6.45) is 5.76. The maximum absolute atomic E-state index is 12.4. The van der Waals surface area contributed by atoms with Gasteiger partial charge in [-0.25, -0.2) is 0 Å². The molecule has 4 rings (SSSR count). The molecule has 1 saturated carbocycles.